The van der Waals surface area contributed by atoms with E-state index in [1.807, 2.05) is 6.92 Å². The van der Waals surface area contributed by atoms with E-state index in [4.69, 9.17) is 9.72 Å². The number of halogens is 2. The van der Waals surface area contributed by atoms with Crippen LogP contribution in [0.25, 0.3) is 11.4 Å². The minimum Gasteiger partial charge on any atom is -0.377 e. The van der Waals surface area contributed by atoms with E-state index in [0.29, 0.717) is 49.9 Å². The lowest BCUT2D eigenvalue weighted by atomic mass is 10.1. The molecule has 2 amide bonds. The van der Waals surface area contributed by atoms with Crippen molar-refractivity contribution in [3.05, 3.63) is 35.3 Å². The molecule has 3 heterocycles. The number of anilines is 2. The molecule has 3 N–H and O–H groups in total. The summed E-state index contributed by atoms with van der Waals surface area (Å²) < 4.78 is 20.4. The summed E-state index contributed by atoms with van der Waals surface area (Å²) in [6.45, 7) is 7.75. The van der Waals surface area contributed by atoms with Crippen LogP contribution >= 0.6 is 12.4 Å². The number of nitrogens with one attached hydrogen (secondary N) is 3. The number of urea groups is 1. The summed E-state index contributed by atoms with van der Waals surface area (Å²) in [7, 11) is 0. The summed E-state index contributed by atoms with van der Waals surface area (Å²) in [5, 5.41) is 8.54. The van der Waals surface area contributed by atoms with E-state index in [-0.39, 0.29) is 24.5 Å². The number of carbonyl (C=O) groups excluding carboxylic acids is 1. The van der Waals surface area contributed by atoms with Gasteiger partial charge < -0.3 is 25.6 Å². The average molecular weight is 437 g/mol. The van der Waals surface area contributed by atoms with E-state index < -0.39 is 5.82 Å². The molecule has 4 rings (SSSR count). The molecular formula is C20H26ClFN6O2. The van der Waals surface area contributed by atoms with Gasteiger partial charge in [-0.1, -0.05) is 0 Å². The van der Waals surface area contributed by atoms with Crippen molar-refractivity contribution in [1.82, 2.24) is 20.6 Å². The molecule has 162 valence electrons. The van der Waals surface area contributed by atoms with Gasteiger partial charge in [-0.2, -0.15) is 0 Å². The van der Waals surface area contributed by atoms with E-state index in [9.17, 15) is 9.18 Å². The first kappa shape index (κ1) is 22.2. The van der Waals surface area contributed by atoms with Crippen molar-refractivity contribution in [3.63, 3.8) is 0 Å². The molecule has 2 aliphatic heterocycles. The number of carbonyl (C=O) groups is 1. The van der Waals surface area contributed by atoms with Gasteiger partial charge in [-0.3, -0.25) is 0 Å². The number of aromatic nitrogens is 2. The molecule has 8 nitrogen and oxygen atoms in total. The maximum atomic E-state index is 14.9. The van der Waals surface area contributed by atoms with Crippen molar-refractivity contribution in [2.75, 3.05) is 36.5 Å². The van der Waals surface area contributed by atoms with Crippen LogP contribution in [0, 0.1) is 5.82 Å². The van der Waals surface area contributed by atoms with Gasteiger partial charge in [0.1, 0.15) is 11.6 Å². The van der Waals surface area contributed by atoms with E-state index >= 15 is 0 Å². The summed E-state index contributed by atoms with van der Waals surface area (Å²) in [6.07, 6.45) is 0. The highest BCUT2D eigenvalue weighted by Gasteiger charge is 2.28. The summed E-state index contributed by atoms with van der Waals surface area (Å²) in [5.74, 6) is 0.712. The van der Waals surface area contributed by atoms with E-state index in [1.54, 1.807) is 12.1 Å². The summed E-state index contributed by atoms with van der Waals surface area (Å²) >= 11 is 0. The normalized spacial score (nSPS) is 17.8. The molecule has 30 heavy (non-hydrogen) atoms. The van der Waals surface area contributed by atoms with Gasteiger partial charge in [0, 0.05) is 37.4 Å². The van der Waals surface area contributed by atoms with Crippen LogP contribution < -0.4 is 20.9 Å². The van der Waals surface area contributed by atoms with Crippen LogP contribution in [0.5, 0.6) is 0 Å². The smallest absolute Gasteiger partial charge is 0.319 e. The largest absolute Gasteiger partial charge is 0.377 e. The highest BCUT2D eigenvalue weighted by atomic mass is 35.5. The molecule has 1 aromatic heterocycles. The first-order chi connectivity index (χ1) is 14.1. The zero-order chi connectivity index (χ0) is 20.4. The number of rotatable bonds is 4. The Hall–Kier alpha value is -2.49. The topological polar surface area (TPSA) is 91.4 Å². The SMILES string of the molecule is CCNC(=O)Nc1ccc(-c2nc3c(c(N4CCOC[C@@H]4C)n2)CNC3)c(F)c1.Cl. The Kier molecular flexibility index (Phi) is 7.06. The molecule has 0 radical (unpaired) electrons. The number of amides is 2. The van der Waals surface area contributed by atoms with Gasteiger partial charge in [0.25, 0.3) is 0 Å². The van der Waals surface area contributed by atoms with Crippen LogP contribution in [0.1, 0.15) is 25.1 Å². The maximum Gasteiger partial charge on any atom is 0.319 e. The fourth-order valence-electron chi connectivity index (χ4n) is 3.66. The lowest BCUT2D eigenvalue weighted by Gasteiger charge is -2.35. The number of benzene rings is 1. The summed E-state index contributed by atoms with van der Waals surface area (Å²) in [6, 6.07) is 4.36. The molecule has 1 fully saturated rings. The van der Waals surface area contributed by atoms with Crippen LogP contribution in [0.15, 0.2) is 18.2 Å². The van der Waals surface area contributed by atoms with Gasteiger partial charge in [0.2, 0.25) is 0 Å². The summed E-state index contributed by atoms with van der Waals surface area (Å²) in [5.41, 5.74) is 2.65. The van der Waals surface area contributed by atoms with Gasteiger partial charge in [-0.15, -0.1) is 12.4 Å². The van der Waals surface area contributed by atoms with E-state index in [0.717, 1.165) is 23.6 Å². The number of nitrogens with zero attached hydrogens (tertiary/aromatic N) is 3. The maximum absolute atomic E-state index is 14.9. The highest BCUT2D eigenvalue weighted by molar-refractivity contribution is 5.89. The zero-order valence-electron chi connectivity index (χ0n) is 17.0. The minimum absolute atomic E-state index is 0. The second-order valence-electron chi connectivity index (χ2n) is 7.20. The molecule has 2 aromatic rings. The molecule has 0 unspecified atom stereocenters. The fraction of sp³-hybridized carbons (Fsp3) is 0.450. The van der Waals surface area contributed by atoms with Crippen LogP contribution in [0.2, 0.25) is 0 Å². The standard InChI is InChI=1S/C20H25FN6O2.ClH/c1-3-23-20(28)24-13-4-5-14(16(21)8-13)18-25-17-10-22-9-15(17)19(26-18)27-6-7-29-11-12(27)2;/h4-5,8,12,22H,3,6-7,9-11H2,1-2H3,(H2,23,24,28);1H/t12-;/m0./s1. The van der Waals surface area contributed by atoms with Crippen molar-refractivity contribution in [3.8, 4) is 11.4 Å². The van der Waals surface area contributed by atoms with Gasteiger partial charge in [0.05, 0.1) is 30.5 Å². The molecule has 0 saturated carbocycles. The predicted octanol–water partition coefficient (Wildman–Crippen LogP) is 2.67. The van der Waals surface area contributed by atoms with Crippen LogP contribution in [-0.4, -0.2) is 48.3 Å². The Morgan fingerprint density at radius 2 is 2.20 bits per heavy atom. The third kappa shape index (κ3) is 4.48. The monoisotopic (exact) mass is 436 g/mol. The minimum atomic E-state index is -0.480. The Morgan fingerprint density at radius 3 is 2.93 bits per heavy atom. The number of hydrogen-bond acceptors (Lipinski definition) is 6. The Bertz CT molecular complexity index is 928. The van der Waals surface area contributed by atoms with Crippen molar-refractivity contribution >= 4 is 29.9 Å². The van der Waals surface area contributed by atoms with Gasteiger partial charge in [0.15, 0.2) is 5.82 Å². The molecule has 0 spiro atoms. The Morgan fingerprint density at radius 1 is 1.37 bits per heavy atom. The van der Waals surface area contributed by atoms with Crippen molar-refractivity contribution < 1.29 is 13.9 Å². The molecule has 1 aromatic carbocycles. The zero-order valence-corrected chi connectivity index (χ0v) is 17.8. The molecule has 1 saturated heterocycles. The third-order valence-electron chi connectivity index (χ3n) is 5.11. The molecule has 0 aliphatic carbocycles. The summed E-state index contributed by atoms with van der Waals surface area (Å²) in [4.78, 5) is 23.2. The second kappa shape index (κ2) is 9.55. The van der Waals surface area contributed by atoms with Crippen molar-refractivity contribution in [1.29, 1.82) is 0 Å². The average Bonchev–Trinajstić information content (AvgIpc) is 3.17. The molecule has 10 heteroatoms. The van der Waals surface area contributed by atoms with Crippen molar-refractivity contribution in [2.45, 2.75) is 33.0 Å². The number of hydrogen-bond donors (Lipinski definition) is 3. The molecular weight excluding hydrogens is 411 g/mol. The van der Waals surface area contributed by atoms with Gasteiger partial charge in [-0.05, 0) is 32.0 Å². The van der Waals surface area contributed by atoms with Crippen LogP contribution in [0.4, 0.5) is 20.7 Å². The number of fused-ring (bicyclic) bond motifs is 1. The fourth-order valence-corrected chi connectivity index (χ4v) is 3.66. The lowest BCUT2D eigenvalue weighted by Crippen LogP contribution is -2.44. The Balaban J connectivity index is 0.00000256. The molecule has 2 aliphatic rings. The molecule has 1 atom stereocenters. The highest BCUT2D eigenvalue weighted by Crippen LogP contribution is 2.31. The van der Waals surface area contributed by atoms with Gasteiger partial charge in [-0.25, -0.2) is 19.2 Å². The Labute approximate surface area is 181 Å². The van der Waals surface area contributed by atoms with Crippen LogP contribution in [-0.2, 0) is 17.8 Å². The molecule has 0 bridgehead atoms. The third-order valence-corrected chi connectivity index (χ3v) is 5.11. The number of morpholine rings is 1. The first-order valence-electron chi connectivity index (χ1n) is 9.86. The first-order valence-corrected chi connectivity index (χ1v) is 9.86. The second-order valence-corrected chi connectivity index (χ2v) is 7.20. The van der Waals surface area contributed by atoms with Crippen molar-refractivity contribution in [2.24, 2.45) is 0 Å². The van der Waals surface area contributed by atoms with E-state index in [2.05, 4.69) is 32.8 Å². The quantitative estimate of drug-likeness (QED) is 0.682. The van der Waals surface area contributed by atoms with Crippen LogP contribution in [0.3, 0.4) is 0 Å². The van der Waals surface area contributed by atoms with E-state index in [1.165, 1.54) is 6.07 Å². The number of ether oxygens (including phenoxy) is 1. The van der Waals surface area contributed by atoms with Gasteiger partial charge >= 0.3 is 6.03 Å². The lowest BCUT2D eigenvalue weighted by molar-refractivity contribution is 0.0984. The predicted molar refractivity (Wildman–Crippen MR) is 116 cm³/mol.